The van der Waals surface area contributed by atoms with E-state index in [1.807, 2.05) is 72.9 Å². The van der Waals surface area contributed by atoms with Crippen LogP contribution in [0, 0.1) is 11.8 Å². The van der Waals surface area contributed by atoms with Gasteiger partial charge in [-0.15, -0.1) is 0 Å². The van der Waals surface area contributed by atoms with Crippen molar-refractivity contribution in [3.63, 3.8) is 0 Å². The summed E-state index contributed by atoms with van der Waals surface area (Å²) < 4.78 is 0. The van der Waals surface area contributed by atoms with E-state index in [1.165, 1.54) is 0 Å². The first-order valence-electron chi connectivity index (χ1n) is 7.68. The zero-order valence-electron chi connectivity index (χ0n) is 12.8. The second-order valence-electron chi connectivity index (χ2n) is 5.48. The lowest BCUT2D eigenvalue weighted by Gasteiger charge is -2.02. The van der Waals surface area contributed by atoms with E-state index in [9.17, 15) is 4.79 Å². The average molecular weight is 310 g/mol. The predicted octanol–water partition coefficient (Wildman–Crippen LogP) is 3.91. The minimum atomic E-state index is -0.103. The summed E-state index contributed by atoms with van der Waals surface area (Å²) >= 11 is 0. The second kappa shape index (κ2) is 5.94. The van der Waals surface area contributed by atoms with Gasteiger partial charge in [0.2, 0.25) is 0 Å². The van der Waals surface area contributed by atoms with Gasteiger partial charge in [0.15, 0.2) is 0 Å². The number of anilines is 1. The number of H-pyrrole nitrogens is 1. The molecule has 0 unspecified atom stereocenters. The summed E-state index contributed by atoms with van der Waals surface area (Å²) in [4.78, 5) is 15.4. The topological polar surface area (TPSA) is 44.9 Å². The third kappa shape index (κ3) is 2.62. The van der Waals surface area contributed by atoms with E-state index in [1.54, 1.807) is 0 Å². The van der Waals surface area contributed by atoms with Gasteiger partial charge in [-0.2, -0.15) is 0 Å². The van der Waals surface area contributed by atoms with Crippen LogP contribution in [0.2, 0.25) is 0 Å². The van der Waals surface area contributed by atoms with Crippen LogP contribution < -0.4 is 5.32 Å². The molecule has 0 saturated carbocycles. The monoisotopic (exact) mass is 310 g/mol. The van der Waals surface area contributed by atoms with Crippen molar-refractivity contribution >= 4 is 23.2 Å². The maximum atomic E-state index is 12.3. The Hall–Kier alpha value is -3.51. The Labute approximate surface area is 140 Å². The zero-order valence-corrected chi connectivity index (χ0v) is 12.8. The van der Waals surface area contributed by atoms with Gasteiger partial charge >= 0.3 is 0 Å². The Kier molecular flexibility index (Phi) is 3.49. The number of fused-ring (bicyclic) bond motifs is 1. The molecule has 2 N–H and O–H groups in total. The van der Waals surface area contributed by atoms with Crippen molar-refractivity contribution in [2.24, 2.45) is 0 Å². The first kappa shape index (κ1) is 14.1. The lowest BCUT2D eigenvalue weighted by atomic mass is 9.99. The molecule has 2 heterocycles. The zero-order chi connectivity index (χ0) is 16.4. The van der Waals surface area contributed by atoms with Crippen LogP contribution in [0.3, 0.4) is 0 Å². The molecule has 0 aliphatic carbocycles. The first-order valence-corrected chi connectivity index (χ1v) is 7.68. The number of amides is 1. The van der Waals surface area contributed by atoms with Crippen molar-refractivity contribution in [2.45, 2.75) is 0 Å². The van der Waals surface area contributed by atoms with Crippen molar-refractivity contribution in [1.82, 2.24) is 4.98 Å². The van der Waals surface area contributed by atoms with E-state index >= 15 is 0 Å². The van der Waals surface area contributed by atoms with Crippen LogP contribution in [0.4, 0.5) is 5.69 Å². The number of hydrogen-bond donors (Lipinski definition) is 2. The van der Waals surface area contributed by atoms with Gasteiger partial charge in [0.05, 0.1) is 11.3 Å². The summed E-state index contributed by atoms with van der Waals surface area (Å²) in [5, 5.41) is 2.91. The van der Waals surface area contributed by atoms with E-state index < -0.39 is 0 Å². The Morgan fingerprint density at radius 2 is 1.75 bits per heavy atom. The van der Waals surface area contributed by atoms with E-state index in [-0.39, 0.29) is 5.91 Å². The molecule has 3 aromatic rings. The Morgan fingerprint density at radius 1 is 0.875 bits per heavy atom. The van der Waals surface area contributed by atoms with Gasteiger partial charge in [0.25, 0.3) is 5.91 Å². The molecule has 3 nitrogen and oxygen atoms in total. The summed E-state index contributed by atoms with van der Waals surface area (Å²) in [6.07, 6.45) is 3.69. The van der Waals surface area contributed by atoms with Crippen molar-refractivity contribution in [2.75, 3.05) is 5.32 Å². The first-order chi connectivity index (χ1) is 11.8. The molecule has 1 aliphatic heterocycles. The van der Waals surface area contributed by atoms with Gasteiger partial charge in [-0.25, -0.2) is 0 Å². The summed E-state index contributed by atoms with van der Waals surface area (Å²) in [7, 11) is 0. The van der Waals surface area contributed by atoms with E-state index in [0.717, 1.165) is 28.1 Å². The minimum absolute atomic E-state index is 0.103. The van der Waals surface area contributed by atoms with Crippen LogP contribution in [0.25, 0.3) is 11.6 Å². The molecule has 1 aliphatic rings. The summed E-state index contributed by atoms with van der Waals surface area (Å²) in [5.74, 6) is 6.26. The molecule has 1 aromatic heterocycles. The number of aromatic nitrogens is 1. The molecular weight excluding hydrogens is 296 g/mol. The van der Waals surface area contributed by atoms with Gasteiger partial charge in [-0.1, -0.05) is 36.1 Å². The highest BCUT2D eigenvalue weighted by Gasteiger charge is 2.26. The van der Waals surface area contributed by atoms with Gasteiger partial charge < -0.3 is 10.3 Å². The van der Waals surface area contributed by atoms with Crippen LogP contribution in [0.5, 0.6) is 0 Å². The maximum Gasteiger partial charge on any atom is 0.256 e. The van der Waals surface area contributed by atoms with Crippen LogP contribution in [-0.2, 0) is 4.79 Å². The summed E-state index contributed by atoms with van der Waals surface area (Å²) in [6.45, 7) is 0. The lowest BCUT2D eigenvalue weighted by Crippen LogP contribution is -2.03. The highest BCUT2D eigenvalue weighted by atomic mass is 16.2. The number of aromatic amines is 1. The molecule has 0 spiro atoms. The van der Waals surface area contributed by atoms with Crippen molar-refractivity contribution < 1.29 is 4.79 Å². The minimum Gasteiger partial charge on any atom is -0.362 e. The summed E-state index contributed by atoms with van der Waals surface area (Å²) in [6, 6.07) is 19.4. The van der Waals surface area contributed by atoms with Crippen molar-refractivity contribution in [3.05, 3.63) is 89.2 Å². The molecule has 24 heavy (non-hydrogen) atoms. The Balaban J connectivity index is 1.81. The van der Waals surface area contributed by atoms with Gasteiger partial charge in [-0.05, 0) is 42.5 Å². The molecule has 0 fully saturated rings. The Bertz CT molecular complexity index is 987. The number of hydrogen-bond acceptors (Lipinski definition) is 1. The number of benzene rings is 2. The maximum absolute atomic E-state index is 12.3. The molecule has 0 saturated heterocycles. The normalized spacial score (nSPS) is 14.0. The fourth-order valence-electron chi connectivity index (χ4n) is 2.74. The molecule has 1 amide bonds. The number of rotatable bonds is 1. The third-order valence-corrected chi connectivity index (χ3v) is 3.86. The third-order valence-electron chi connectivity index (χ3n) is 3.86. The van der Waals surface area contributed by atoms with Crippen LogP contribution in [-0.4, -0.2) is 10.9 Å². The Morgan fingerprint density at radius 3 is 2.54 bits per heavy atom. The largest absolute Gasteiger partial charge is 0.362 e. The van der Waals surface area contributed by atoms with Gasteiger partial charge in [0.1, 0.15) is 0 Å². The molecule has 2 aromatic carbocycles. The smallest absolute Gasteiger partial charge is 0.256 e. The fraction of sp³-hybridized carbons (Fsp3) is 0. The fourth-order valence-corrected chi connectivity index (χ4v) is 2.74. The van der Waals surface area contributed by atoms with E-state index in [4.69, 9.17) is 0 Å². The molecule has 0 bridgehead atoms. The molecular formula is C21H14N2O. The number of carbonyl (C=O) groups excluding carboxylic acids is 1. The van der Waals surface area contributed by atoms with Gasteiger partial charge in [0, 0.05) is 28.6 Å². The van der Waals surface area contributed by atoms with Crippen molar-refractivity contribution in [1.29, 1.82) is 0 Å². The molecule has 0 atom stereocenters. The van der Waals surface area contributed by atoms with E-state index in [0.29, 0.717) is 5.57 Å². The predicted molar refractivity (Wildman–Crippen MR) is 96.2 cm³/mol. The van der Waals surface area contributed by atoms with Crippen LogP contribution >= 0.6 is 0 Å². The van der Waals surface area contributed by atoms with Crippen molar-refractivity contribution in [3.8, 4) is 11.8 Å². The second-order valence-corrected chi connectivity index (χ2v) is 5.48. The standard InChI is InChI=1S/C21H14N2O/c24-21-18(14-17-9-5-13-22-17)20-16(8-4-10-19(20)23-21)12-11-15-6-2-1-3-7-15/h1-10,13-14,22H,(H,23,24). The molecule has 3 heteroatoms. The SMILES string of the molecule is O=C1Nc2cccc(C#Cc3ccccc3)c2C1=Cc1ccc[nH]1. The summed E-state index contributed by atoms with van der Waals surface area (Å²) in [5.41, 5.74) is 4.97. The number of carbonyl (C=O) groups is 1. The number of nitrogens with one attached hydrogen (secondary N) is 2. The highest BCUT2D eigenvalue weighted by Crippen LogP contribution is 2.35. The quantitative estimate of drug-likeness (QED) is 0.519. The molecule has 114 valence electrons. The lowest BCUT2D eigenvalue weighted by molar-refractivity contribution is -0.110. The highest BCUT2D eigenvalue weighted by molar-refractivity contribution is 6.35. The van der Waals surface area contributed by atoms with E-state index in [2.05, 4.69) is 22.1 Å². The van der Waals surface area contributed by atoms with Gasteiger partial charge in [-0.3, -0.25) is 4.79 Å². The van der Waals surface area contributed by atoms with Crippen LogP contribution in [0.15, 0.2) is 66.9 Å². The molecule has 0 radical (unpaired) electrons. The molecule has 4 rings (SSSR count). The average Bonchev–Trinajstić information content (AvgIpc) is 3.23. The van der Waals surface area contributed by atoms with Crippen LogP contribution in [0.1, 0.15) is 22.4 Å².